The first kappa shape index (κ1) is 30.9. The Morgan fingerprint density at radius 1 is 1.10 bits per heavy atom. The Morgan fingerprint density at radius 3 is 2.48 bits per heavy atom. The van der Waals surface area contributed by atoms with Gasteiger partial charge in [0.05, 0.1) is 5.52 Å². The molecular formula is C32H47N7O. The van der Waals surface area contributed by atoms with Crippen LogP contribution in [0.25, 0.3) is 21.9 Å². The van der Waals surface area contributed by atoms with Gasteiger partial charge in [0.15, 0.2) is 5.78 Å². The predicted molar refractivity (Wildman–Crippen MR) is 167 cm³/mol. The number of fused-ring (bicyclic) bond motifs is 3. The number of rotatable bonds is 12. The Hall–Kier alpha value is -3.65. The number of amidine groups is 1. The fraction of sp³-hybridized carbons (Fsp3) is 0.469. The van der Waals surface area contributed by atoms with Gasteiger partial charge in [-0.3, -0.25) is 4.79 Å². The first-order valence-electron chi connectivity index (χ1n) is 14.5. The van der Waals surface area contributed by atoms with Crippen molar-refractivity contribution in [2.75, 3.05) is 6.54 Å². The van der Waals surface area contributed by atoms with Gasteiger partial charge in [0, 0.05) is 47.7 Å². The van der Waals surface area contributed by atoms with E-state index in [1.54, 1.807) is 0 Å². The van der Waals surface area contributed by atoms with Gasteiger partial charge in [0.25, 0.3) is 0 Å². The molecule has 216 valence electrons. The van der Waals surface area contributed by atoms with Crippen LogP contribution in [0.1, 0.15) is 77.5 Å². The molecule has 3 aromatic heterocycles. The van der Waals surface area contributed by atoms with Crippen LogP contribution in [0.3, 0.4) is 0 Å². The van der Waals surface area contributed by atoms with Crippen LogP contribution in [0.4, 0.5) is 0 Å². The summed E-state index contributed by atoms with van der Waals surface area (Å²) in [5.74, 6) is 6.85. The summed E-state index contributed by atoms with van der Waals surface area (Å²) in [6, 6.07) is 12.9. The molecule has 0 bridgehead atoms. The van der Waals surface area contributed by atoms with Gasteiger partial charge >= 0.3 is 0 Å². The molecule has 0 saturated carbocycles. The van der Waals surface area contributed by atoms with E-state index in [9.17, 15) is 4.79 Å². The van der Waals surface area contributed by atoms with Crippen LogP contribution >= 0.6 is 0 Å². The number of aryl methyl sites for hydroxylation is 1. The van der Waals surface area contributed by atoms with Crippen molar-refractivity contribution in [1.29, 1.82) is 0 Å². The van der Waals surface area contributed by atoms with Crippen molar-refractivity contribution in [3.63, 3.8) is 0 Å². The molecule has 0 aliphatic carbocycles. The number of Topliss-reactive ketones (excluding diaryl/α,β-unsaturated/α-hetero) is 1. The minimum atomic E-state index is -0.00502. The third kappa shape index (κ3) is 7.94. The molecule has 0 radical (unpaired) electrons. The Morgan fingerprint density at radius 2 is 1.82 bits per heavy atom. The highest BCUT2D eigenvalue weighted by molar-refractivity contribution is 6.02. The Balaban J connectivity index is 0.000000220. The molecule has 0 spiro atoms. The molecule has 40 heavy (non-hydrogen) atoms. The molecule has 8 nitrogen and oxygen atoms in total. The molecule has 4 aromatic rings. The van der Waals surface area contributed by atoms with Gasteiger partial charge < -0.3 is 15.3 Å². The topological polar surface area (TPSA) is 118 Å². The smallest absolute Gasteiger partial charge is 0.158 e. The number of aromatic amines is 1. The fourth-order valence-corrected chi connectivity index (χ4v) is 5.15. The number of carbonyl (C=O) groups excluding carboxylic acids is 1. The average molecular weight is 546 g/mol. The maximum Gasteiger partial charge on any atom is 0.158 e. The molecule has 4 rings (SSSR count). The number of pyridine rings is 1. The molecule has 0 amide bonds. The zero-order valence-electron chi connectivity index (χ0n) is 25.0. The Labute approximate surface area is 238 Å². The number of nitrogens with one attached hydrogen (secondary N) is 1. The first-order chi connectivity index (χ1) is 19.2. The van der Waals surface area contributed by atoms with Crippen molar-refractivity contribution in [3.05, 3.63) is 66.1 Å². The van der Waals surface area contributed by atoms with E-state index in [2.05, 4.69) is 58.7 Å². The quantitative estimate of drug-likeness (QED) is 0.0812. The predicted octanol–water partition coefficient (Wildman–Crippen LogP) is 6.51. The van der Waals surface area contributed by atoms with Crippen LogP contribution in [-0.4, -0.2) is 37.8 Å². The number of aromatic nitrogens is 3. The van der Waals surface area contributed by atoms with Gasteiger partial charge in [-0.1, -0.05) is 70.9 Å². The summed E-state index contributed by atoms with van der Waals surface area (Å²) in [5, 5.41) is 7.63. The second kappa shape index (κ2) is 14.7. The maximum absolute atomic E-state index is 11.7. The van der Waals surface area contributed by atoms with Crippen molar-refractivity contribution in [1.82, 2.24) is 19.7 Å². The van der Waals surface area contributed by atoms with Gasteiger partial charge in [0.1, 0.15) is 18.0 Å². The van der Waals surface area contributed by atoms with Crippen LogP contribution in [0, 0.1) is 18.8 Å². The minimum Gasteiger partial charge on any atom is -0.385 e. The monoisotopic (exact) mass is 545 g/mol. The number of hydrogen-bond donors (Lipinski definition) is 3. The van der Waals surface area contributed by atoms with E-state index in [0.29, 0.717) is 24.2 Å². The lowest BCUT2D eigenvalue weighted by Crippen LogP contribution is -2.36. The van der Waals surface area contributed by atoms with E-state index in [-0.39, 0.29) is 18.2 Å². The number of benzene rings is 1. The second-order valence-electron chi connectivity index (χ2n) is 10.9. The summed E-state index contributed by atoms with van der Waals surface area (Å²) in [5.41, 5.74) is 10.4. The van der Waals surface area contributed by atoms with E-state index >= 15 is 0 Å². The number of carbonyl (C=O) groups is 1. The molecule has 3 unspecified atom stereocenters. The highest BCUT2D eigenvalue weighted by atomic mass is 16.1. The molecule has 5 N–H and O–H groups in total. The van der Waals surface area contributed by atoms with Crippen molar-refractivity contribution in [2.45, 2.75) is 79.7 Å². The summed E-state index contributed by atoms with van der Waals surface area (Å²) < 4.78 is 2.47. The highest BCUT2D eigenvalue weighted by Crippen LogP contribution is 2.32. The average Bonchev–Trinajstić information content (AvgIpc) is 3.57. The minimum absolute atomic E-state index is 0.00502. The normalized spacial score (nSPS) is 14.0. The molecule has 1 aromatic carbocycles. The van der Waals surface area contributed by atoms with Crippen LogP contribution in [0.2, 0.25) is 0 Å². The summed E-state index contributed by atoms with van der Waals surface area (Å²) in [4.78, 5) is 19.4. The molecule has 0 aliphatic heterocycles. The summed E-state index contributed by atoms with van der Waals surface area (Å²) >= 11 is 0. The molecule has 0 fully saturated rings. The zero-order chi connectivity index (χ0) is 29.2. The lowest BCUT2D eigenvalue weighted by Gasteiger charge is -2.25. The lowest BCUT2D eigenvalue weighted by atomic mass is 9.94. The van der Waals surface area contributed by atoms with Gasteiger partial charge in [0.2, 0.25) is 0 Å². The number of hydrazone groups is 1. The molecule has 8 heteroatoms. The van der Waals surface area contributed by atoms with Gasteiger partial charge in [-0.2, -0.15) is 0 Å². The Kier molecular flexibility index (Phi) is 11.3. The van der Waals surface area contributed by atoms with Gasteiger partial charge in [-0.25, -0.2) is 15.9 Å². The van der Waals surface area contributed by atoms with Crippen LogP contribution < -0.4 is 11.6 Å². The number of H-pyrrole nitrogens is 1. The van der Waals surface area contributed by atoms with Crippen molar-refractivity contribution >= 4 is 33.6 Å². The van der Waals surface area contributed by atoms with Crippen LogP contribution in [-0.2, 0) is 11.2 Å². The van der Waals surface area contributed by atoms with E-state index in [1.165, 1.54) is 41.1 Å². The molecule has 0 saturated heterocycles. The molecule has 3 atom stereocenters. The van der Waals surface area contributed by atoms with Crippen LogP contribution in [0.15, 0.2) is 60.1 Å². The van der Waals surface area contributed by atoms with E-state index in [1.807, 2.05) is 57.4 Å². The van der Waals surface area contributed by atoms with E-state index in [4.69, 9.17) is 11.6 Å². The zero-order valence-corrected chi connectivity index (χ0v) is 25.0. The largest absolute Gasteiger partial charge is 0.385 e. The third-order valence-corrected chi connectivity index (χ3v) is 7.68. The Bertz CT molecular complexity index is 1390. The second-order valence-corrected chi connectivity index (χ2v) is 10.9. The number of hydrazine groups is 1. The number of hydrogen-bond acceptors (Lipinski definition) is 5. The third-order valence-electron chi connectivity index (χ3n) is 7.68. The van der Waals surface area contributed by atoms with Crippen molar-refractivity contribution in [3.8, 4) is 0 Å². The van der Waals surface area contributed by atoms with E-state index < -0.39 is 0 Å². The summed E-state index contributed by atoms with van der Waals surface area (Å²) in [6.07, 6.45) is 11.2. The SMILES string of the molecule is CCC(C)C(=O)CN(N)/N=C(\N)Cc1ccc(C)cc1.CCCC(C)C(CC)n1ccc2cnc3[nH]ccc3c21. The van der Waals surface area contributed by atoms with Gasteiger partial charge in [-0.05, 0) is 49.8 Å². The van der Waals surface area contributed by atoms with Crippen molar-refractivity contribution in [2.24, 2.45) is 28.5 Å². The molecule has 0 aliphatic rings. The van der Waals surface area contributed by atoms with Crippen molar-refractivity contribution < 1.29 is 4.79 Å². The number of ketones is 1. The first-order valence-corrected chi connectivity index (χ1v) is 14.5. The van der Waals surface area contributed by atoms with Gasteiger partial charge in [-0.15, -0.1) is 5.10 Å². The molecule has 3 heterocycles. The number of nitrogens with two attached hydrogens (primary N) is 2. The number of nitrogens with zero attached hydrogens (tertiary/aromatic N) is 4. The lowest BCUT2D eigenvalue weighted by molar-refractivity contribution is -0.123. The van der Waals surface area contributed by atoms with E-state index in [0.717, 1.165) is 22.7 Å². The van der Waals surface area contributed by atoms with Crippen LogP contribution in [0.5, 0.6) is 0 Å². The highest BCUT2D eigenvalue weighted by Gasteiger charge is 2.19. The standard InChI is InChI=1S/C17H23N3.C15H24N4O/c1-4-6-12(3)15(5-2)20-10-8-13-11-19-17-14(16(13)20)7-9-18-17;1-4-12(3)14(20)10-19(17)18-15(16)9-13-7-5-11(2)6-8-13/h7-12,15H,4-6H2,1-3H3,(H,18,19);5-8,12H,4,9-10,17H2,1-3H3,(H2,16,18). The summed E-state index contributed by atoms with van der Waals surface area (Å²) in [7, 11) is 0. The fourth-order valence-electron chi connectivity index (χ4n) is 5.15. The summed E-state index contributed by atoms with van der Waals surface area (Å²) in [6.45, 7) is 12.9. The molecular weight excluding hydrogens is 498 g/mol. The maximum atomic E-state index is 11.7.